The second-order valence-electron chi connectivity index (χ2n) is 4.25. The molecule has 2 aromatic rings. The van der Waals surface area contributed by atoms with Crippen molar-refractivity contribution in [3.63, 3.8) is 0 Å². The Kier molecular flexibility index (Phi) is 5.00. The van der Waals surface area contributed by atoms with Crippen LogP contribution in [0.15, 0.2) is 65.9 Å². The van der Waals surface area contributed by atoms with Crippen molar-refractivity contribution in [1.82, 2.24) is 9.78 Å². The molecule has 0 aliphatic heterocycles. The lowest BCUT2D eigenvalue weighted by atomic mass is 10.3. The maximum atomic E-state index is 11.6. The molecular weight excluding hydrogens is 250 g/mol. The van der Waals surface area contributed by atoms with Gasteiger partial charge >= 0.3 is 0 Å². The van der Waals surface area contributed by atoms with E-state index in [2.05, 4.69) is 10.1 Å². The zero-order valence-corrected chi connectivity index (χ0v) is 11.4. The summed E-state index contributed by atoms with van der Waals surface area (Å²) in [6.45, 7) is 2.03. The predicted octanol–water partition coefficient (Wildman–Crippen LogP) is 2.66. The van der Waals surface area contributed by atoms with Gasteiger partial charge in [0, 0.05) is 12.6 Å². The van der Waals surface area contributed by atoms with Gasteiger partial charge in [-0.2, -0.15) is 5.10 Å². The van der Waals surface area contributed by atoms with Crippen LogP contribution in [-0.2, 0) is 4.79 Å². The molecule has 20 heavy (non-hydrogen) atoms. The Hall–Kier alpha value is -2.49. The number of benzene rings is 1. The molecule has 0 unspecified atom stereocenters. The van der Waals surface area contributed by atoms with Crippen LogP contribution in [0.3, 0.4) is 0 Å². The highest BCUT2D eigenvalue weighted by molar-refractivity contribution is 5.78. The van der Waals surface area contributed by atoms with Gasteiger partial charge in [0.15, 0.2) is 0 Å². The number of para-hydroxylation sites is 1. The normalized spacial score (nSPS) is 11.9. The second kappa shape index (κ2) is 7.19. The van der Waals surface area contributed by atoms with Gasteiger partial charge in [0.2, 0.25) is 5.91 Å². The minimum Gasteiger partial charge on any atom is -0.272 e. The van der Waals surface area contributed by atoms with Crippen molar-refractivity contribution in [1.29, 1.82) is 0 Å². The fourth-order valence-electron chi connectivity index (χ4n) is 1.69. The third kappa shape index (κ3) is 4.02. The lowest BCUT2D eigenvalue weighted by molar-refractivity contribution is -0.117. The molecular formula is C16H17N3O. The summed E-state index contributed by atoms with van der Waals surface area (Å²) < 4.78 is 1.74. The lowest BCUT2D eigenvalue weighted by Crippen LogP contribution is -2.10. The minimum absolute atomic E-state index is 0.158. The quantitative estimate of drug-likeness (QED) is 0.799. The van der Waals surface area contributed by atoms with E-state index >= 15 is 0 Å². The van der Waals surface area contributed by atoms with Gasteiger partial charge in [0.25, 0.3) is 0 Å². The summed E-state index contributed by atoms with van der Waals surface area (Å²) in [4.78, 5) is 15.6. The van der Waals surface area contributed by atoms with E-state index in [0.29, 0.717) is 11.8 Å². The van der Waals surface area contributed by atoms with E-state index in [-0.39, 0.29) is 5.91 Å². The molecule has 0 saturated heterocycles. The first-order valence-corrected chi connectivity index (χ1v) is 6.62. The fraction of sp³-hybridized carbons (Fsp3) is 0.188. The third-order valence-corrected chi connectivity index (χ3v) is 2.67. The van der Waals surface area contributed by atoms with Crippen molar-refractivity contribution in [3.8, 4) is 5.69 Å². The number of hydrogen-bond donors (Lipinski definition) is 0. The number of allylic oxidation sites excluding steroid dienone is 1. The van der Waals surface area contributed by atoms with Gasteiger partial charge in [-0.1, -0.05) is 37.3 Å². The van der Waals surface area contributed by atoms with E-state index in [1.165, 1.54) is 0 Å². The minimum atomic E-state index is -0.158. The van der Waals surface area contributed by atoms with Crippen molar-refractivity contribution in [2.24, 2.45) is 4.99 Å². The molecule has 0 aliphatic carbocycles. The Balaban J connectivity index is 2.12. The maximum absolute atomic E-state index is 11.6. The zero-order valence-electron chi connectivity index (χ0n) is 11.4. The topological polar surface area (TPSA) is 47.2 Å². The fourth-order valence-corrected chi connectivity index (χ4v) is 1.69. The smallest absolute Gasteiger partial charge is 0.250 e. The van der Waals surface area contributed by atoms with Crippen molar-refractivity contribution in [2.45, 2.75) is 19.8 Å². The molecule has 1 aromatic carbocycles. The van der Waals surface area contributed by atoms with Crippen LogP contribution in [0, 0.1) is 0 Å². The van der Waals surface area contributed by atoms with E-state index in [4.69, 9.17) is 0 Å². The highest BCUT2D eigenvalue weighted by Crippen LogP contribution is 2.02. The third-order valence-electron chi connectivity index (χ3n) is 2.67. The van der Waals surface area contributed by atoms with Crippen molar-refractivity contribution in [3.05, 3.63) is 66.3 Å². The van der Waals surface area contributed by atoms with Crippen LogP contribution in [0.1, 0.15) is 19.8 Å². The van der Waals surface area contributed by atoms with Crippen LogP contribution < -0.4 is 5.36 Å². The number of amides is 1. The summed E-state index contributed by atoms with van der Waals surface area (Å²) in [6, 6.07) is 11.6. The van der Waals surface area contributed by atoms with Crippen LogP contribution in [0.5, 0.6) is 0 Å². The van der Waals surface area contributed by atoms with E-state index < -0.39 is 0 Å². The van der Waals surface area contributed by atoms with E-state index in [0.717, 1.165) is 12.1 Å². The second-order valence-corrected chi connectivity index (χ2v) is 4.25. The molecule has 0 fully saturated rings. The van der Waals surface area contributed by atoms with Crippen LogP contribution in [0.25, 0.3) is 5.69 Å². The van der Waals surface area contributed by atoms with Gasteiger partial charge in [-0.25, -0.2) is 9.67 Å². The first kappa shape index (κ1) is 13.9. The summed E-state index contributed by atoms with van der Waals surface area (Å²) in [7, 11) is 0. The molecule has 0 bridgehead atoms. The van der Waals surface area contributed by atoms with Crippen molar-refractivity contribution in [2.75, 3.05) is 0 Å². The lowest BCUT2D eigenvalue weighted by Gasteiger charge is -2.03. The van der Waals surface area contributed by atoms with Crippen LogP contribution >= 0.6 is 0 Å². The van der Waals surface area contributed by atoms with Crippen LogP contribution in [-0.4, -0.2) is 15.7 Å². The molecule has 1 amide bonds. The zero-order chi connectivity index (χ0) is 14.2. The summed E-state index contributed by atoms with van der Waals surface area (Å²) in [6.07, 6.45) is 8.45. The molecule has 1 heterocycles. The Morgan fingerprint density at radius 1 is 1.25 bits per heavy atom. The van der Waals surface area contributed by atoms with E-state index in [1.807, 2.05) is 49.4 Å². The average Bonchev–Trinajstić information content (AvgIpc) is 2.49. The molecule has 2 rings (SSSR count). The van der Waals surface area contributed by atoms with Crippen LogP contribution in [0.4, 0.5) is 0 Å². The van der Waals surface area contributed by atoms with Crippen molar-refractivity contribution >= 4 is 5.91 Å². The number of carbonyl (C=O) groups is 1. The summed E-state index contributed by atoms with van der Waals surface area (Å²) in [5.74, 6) is -0.158. The van der Waals surface area contributed by atoms with E-state index in [1.54, 1.807) is 23.1 Å². The Labute approximate surface area is 118 Å². The van der Waals surface area contributed by atoms with Gasteiger partial charge < -0.3 is 0 Å². The molecule has 0 saturated carbocycles. The number of carbonyl (C=O) groups excluding carboxylic acids is 1. The molecule has 0 radical (unpaired) electrons. The monoisotopic (exact) mass is 267 g/mol. The standard InChI is InChI=1S/C16H17N3O/c1-2-3-5-10-16(20)18-14-11-12-19(17-13-14)15-8-6-4-7-9-15/h3-9,11-13H,2,10H2,1H3/b5-3?,18-14+. The first-order chi connectivity index (χ1) is 9.79. The largest absolute Gasteiger partial charge is 0.272 e. The van der Waals surface area contributed by atoms with Gasteiger partial charge in [0.05, 0.1) is 17.2 Å². The van der Waals surface area contributed by atoms with Gasteiger partial charge in [-0.15, -0.1) is 0 Å². The molecule has 102 valence electrons. The van der Waals surface area contributed by atoms with Crippen molar-refractivity contribution < 1.29 is 4.79 Å². The number of aromatic nitrogens is 2. The SMILES string of the molecule is CCC=CCC(=O)/N=c1\ccn(-c2ccccc2)nc1. The molecule has 1 aromatic heterocycles. The summed E-state index contributed by atoms with van der Waals surface area (Å²) >= 11 is 0. The first-order valence-electron chi connectivity index (χ1n) is 6.62. The highest BCUT2D eigenvalue weighted by atomic mass is 16.1. The Morgan fingerprint density at radius 3 is 2.70 bits per heavy atom. The Bertz CT molecular complexity index is 636. The molecule has 4 heteroatoms. The van der Waals surface area contributed by atoms with Gasteiger partial charge in [0.1, 0.15) is 0 Å². The van der Waals surface area contributed by atoms with Gasteiger partial charge in [-0.3, -0.25) is 4.79 Å². The number of hydrogen-bond acceptors (Lipinski definition) is 2. The predicted molar refractivity (Wildman–Crippen MR) is 78.2 cm³/mol. The molecule has 4 nitrogen and oxygen atoms in total. The van der Waals surface area contributed by atoms with Gasteiger partial charge in [-0.05, 0) is 24.6 Å². The van der Waals surface area contributed by atoms with Crippen LogP contribution in [0.2, 0.25) is 0 Å². The maximum Gasteiger partial charge on any atom is 0.250 e. The Morgan fingerprint density at radius 2 is 2.05 bits per heavy atom. The summed E-state index contributed by atoms with van der Waals surface area (Å²) in [5, 5.41) is 4.83. The highest BCUT2D eigenvalue weighted by Gasteiger charge is 1.96. The number of nitrogens with zero attached hydrogens (tertiary/aromatic N) is 3. The molecule has 0 spiro atoms. The van der Waals surface area contributed by atoms with E-state index in [9.17, 15) is 4.79 Å². The molecule has 0 aliphatic rings. The average molecular weight is 267 g/mol. The number of rotatable bonds is 4. The summed E-state index contributed by atoms with van der Waals surface area (Å²) in [5.41, 5.74) is 0.969. The molecule has 0 atom stereocenters. The molecule has 0 N–H and O–H groups in total.